The van der Waals surface area contributed by atoms with Crippen molar-refractivity contribution in [1.82, 2.24) is 0 Å². The van der Waals surface area contributed by atoms with E-state index in [1.54, 1.807) is 0 Å². The Balaban J connectivity index is 2.04. The summed E-state index contributed by atoms with van der Waals surface area (Å²) in [6, 6.07) is 10.9. The number of benzene rings is 1. The lowest BCUT2D eigenvalue weighted by molar-refractivity contribution is -0.947. The summed E-state index contributed by atoms with van der Waals surface area (Å²) < 4.78 is 6.75. The van der Waals surface area contributed by atoms with E-state index in [4.69, 9.17) is 4.74 Å². The van der Waals surface area contributed by atoms with E-state index in [1.807, 2.05) is 0 Å². The minimum Gasteiger partial charge on any atom is -0.370 e. The first-order valence-electron chi connectivity index (χ1n) is 6.81. The van der Waals surface area contributed by atoms with Gasteiger partial charge in [0.05, 0.1) is 19.8 Å². The molecule has 2 nitrogen and oxygen atoms in total. The molecule has 1 fully saturated rings. The smallest absolute Gasteiger partial charge is 0.104 e. The van der Waals surface area contributed by atoms with E-state index in [-0.39, 0.29) is 0 Å². The minimum absolute atomic E-state index is 0.927. The summed E-state index contributed by atoms with van der Waals surface area (Å²) in [5.41, 5.74) is 1.46. The number of ether oxygens (including phenoxy) is 1. The highest BCUT2D eigenvalue weighted by Gasteiger charge is 2.29. The zero-order chi connectivity index (χ0) is 12.0. The molecule has 0 atom stereocenters. The van der Waals surface area contributed by atoms with Crippen LogP contribution >= 0.6 is 0 Å². The van der Waals surface area contributed by atoms with Gasteiger partial charge >= 0.3 is 0 Å². The molecular formula is C15H24NO+. The molecule has 1 aliphatic rings. The zero-order valence-electron chi connectivity index (χ0n) is 10.9. The average molecular weight is 234 g/mol. The highest BCUT2D eigenvalue weighted by atomic mass is 16.5. The SMILES string of the molecule is CCCC[N+]1(Cc2ccccc2)CCOCC1. The molecule has 1 heterocycles. The van der Waals surface area contributed by atoms with E-state index in [0.29, 0.717) is 0 Å². The molecule has 1 aromatic carbocycles. The molecule has 0 bridgehead atoms. The third-order valence-electron chi connectivity index (χ3n) is 3.77. The average Bonchev–Trinajstić information content (AvgIpc) is 2.39. The van der Waals surface area contributed by atoms with Crippen LogP contribution in [0.1, 0.15) is 25.3 Å². The Morgan fingerprint density at radius 3 is 2.47 bits per heavy atom. The topological polar surface area (TPSA) is 9.23 Å². The van der Waals surface area contributed by atoms with Crippen molar-refractivity contribution in [2.24, 2.45) is 0 Å². The minimum atomic E-state index is 0.927. The molecule has 17 heavy (non-hydrogen) atoms. The van der Waals surface area contributed by atoms with Crippen molar-refractivity contribution in [2.75, 3.05) is 32.8 Å². The lowest BCUT2D eigenvalue weighted by atomic mass is 10.1. The summed E-state index contributed by atoms with van der Waals surface area (Å²) in [4.78, 5) is 0. The molecule has 0 saturated carbocycles. The Morgan fingerprint density at radius 2 is 1.82 bits per heavy atom. The maximum Gasteiger partial charge on any atom is 0.104 e. The quantitative estimate of drug-likeness (QED) is 0.712. The van der Waals surface area contributed by atoms with Crippen molar-refractivity contribution in [2.45, 2.75) is 26.3 Å². The van der Waals surface area contributed by atoms with Gasteiger partial charge in [-0.15, -0.1) is 0 Å². The molecule has 2 heteroatoms. The predicted octanol–water partition coefficient (Wildman–Crippen LogP) is 2.83. The molecule has 2 rings (SSSR count). The van der Waals surface area contributed by atoms with Crippen LogP contribution in [-0.4, -0.2) is 37.3 Å². The molecule has 0 N–H and O–H groups in total. The van der Waals surface area contributed by atoms with Crippen LogP contribution in [0.2, 0.25) is 0 Å². The third kappa shape index (κ3) is 3.55. The first kappa shape index (κ1) is 12.6. The Morgan fingerprint density at radius 1 is 1.12 bits per heavy atom. The van der Waals surface area contributed by atoms with Gasteiger partial charge < -0.3 is 9.22 Å². The van der Waals surface area contributed by atoms with Gasteiger partial charge in [-0.2, -0.15) is 0 Å². The van der Waals surface area contributed by atoms with Crippen LogP contribution in [0.4, 0.5) is 0 Å². The number of hydrogen-bond donors (Lipinski definition) is 0. The largest absolute Gasteiger partial charge is 0.370 e. The first-order chi connectivity index (χ1) is 8.35. The molecule has 0 radical (unpaired) electrons. The van der Waals surface area contributed by atoms with Gasteiger partial charge in [0, 0.05) is 5.56 Å². The second-order valence-corrected chi connectivity index (χ2v) is 5.12. The predicted molar refractivity (Wildman–Crippen MR) is 70.7 cm³/mol. The molecule has 0 unspecified atom stereocenters. The third-order valence-corrected chi connectivity index (χ3v) is 3.77. The van der Waals surface area contributed by atoms with Gasteiger partial charge in [-0.25, -0.2) is 0 Å². The molecule has 94 valence electrons. The van der Waals surface area contributed by atoms with E-state index in [0.717, 1.165) is 13.2 Å². The van der Waals surface area contributed by atoms with Gasteiger partial charge in [-0.1, -0.05) is 43.7 Å². The fourth-order valence-electron chi connectivity index (χ4n) is 2.66. The van der Waals surface area contributed by atoms with Crippen molar-refractivity contribution >= 4 is 0 Å². The number of morpholine rings is 1. The molecule has 0 amide bonds. The number of unbranched alkanes of at least 4 members (excludes halogenated alkanes) is 1. The zero-order valence-corrected chi connectivity index (χ0v) is 10.9. The standard InChI is InChI=1S/C15H24NO/c1-2-3-9-16(10-12-17-13-11-16)14-15-7-5-4-6-8-15/h4-8H,2-3,9-14H2,1H3/q+1. The molecule has 1 aromatic rings. The molecule has 1 aliphatic heterocycles. The van der Waals surface area contributed by atoms with Gasteiger partial charge in [0.25, 0.3) is 0 Å². The van der Waals surface area contributed by atoms with Gasteiger partial charge in [0.1, 0.15) is 19.6 Å². The number of nitrogens with zero attached hydrogens (tertiary/aromatic N) is 1. The summed E-state index contributed by atoms with van der Waals surface area (Å²) >= 11 is 0. The van der Waals surface area contributed by atoms with Crippen LogP contribution in [0.25, 0.3) is 0 Å². The highest BCUT2D eigenvalue weighted by Crippen LogP contribution is 2.18. The Kier molecular flexibility index (Phi) is 4.57. The number of hydrogen-bond acceptors (Lipinski definition) is 1. The van der Waals surface area contributed by atoms with Crippen LogP contribution in [-0.2, 0) is 11.3 Å². The fraction of sp³-hybridized carbons (Fsp3) is 0.600. The normalized spacial score (nSPS) is 19.1. The van der Waals surface area contributed by atoms with Gasteiger partial charge in [0.15, 0.2) is 0 Å². The lowest BCUT2D eigenvalue weighted by Crippen LogP contribution is -2.54. The fourth-order valence-corrected chi connectivity index (χ4v) is 2.66. The van der Waals surface area contributed by atoms with Crippen LogP contribution in [0.5, 0.6) is 0 Å². The number of rotatable bonds is 5. The van der Waals surface area contributed by atoms with Crippen molar-refractivity contribution in [3.05, 3.63) is 35.9 Å². The summed E-state index contributed by atoms with van der Waals surface area (Å²) in [5.74, 6) is 0. The van der Waals surface area contributed by atoms with Crippen molar-refractivity contribution in [3.63, 3.8) is 0 Å². The van der Waals surface area contributed by atoms with Crippen LogP contribution < -0.4 is 0 Å². The maximum absolute atomic E-state index is 5.53. The molecule has 0 aromatic heterocycles. The first-order valence-corrected chi connectivity index (χ1v) is 6.81. The summed E-state index contributed by atoms with van der Waals surface area (Å²) in [7, 11) is 0. The number of quaternary nitrogens is 1. The van der Waals surface area contributed by atoms with Crippen LogP contribution in [0.3, 0.4) is 0 Å². The molecule has 0 spiro atoms. The Labute approximate surface area is 105 Å². The van der Waals surface area contributed by atoms with Crippen LogP contribution in [0, 0.1) is 0 Å². The Hall–Kier alpha value is -0.860. The van der Waals surface area contributed by atoms with Gasteiger partial charge in [-0.05, 0) is 6.42 Å². The second kappa shape index (κ2) is 6.18. The molecule has 1 saturated heterocycles. The molecule has 0 aliphatic carbocycles. The summed E-state index contributed by atoms with van der Waals surface area (Å²) in [6.45, 7) is 8.95. The van der Waals surface area contributed by atoms with E-state index in [1.165, 1.54) is 49.1 Å². The second-order valence-electron chi connectivity index (χ2n) is 5.12. The molecular weight excluding hydrogens is 210 g/mol. The Bertz CT molecular complexity index is 317. The maximum atomic E-state index is 5.53. The van der Waals surface area contributed by atoms with Crippen molar-refractivity contribution < 1.29 is 9.22 Å². The van der Waals surface area contributed by atoms with E-state index in [9.17, 15) is 0 Å². The lowest BCUT2D eigenvalue weighted by Gasteiger charge is -2.41. The van der Waals surface area contributed by atoms with Crippen molar-refractivity contribution in [3.8, 4) is 0 Å². The van der Waals surface area contributed by atoms with E-state index < -0.39 is 0 Å². The van der Waals surface area contributed by atoms with Gasteiger partial charge in [-0.3, -0.25) is 0 Å². The van der Waals surface area contributed by atoms with Crippen LogP contribution in [0.15, 0.2) is 30.3 Å². The summed E-state index contributed by atoms with van der Waals surface area (Å²) in [5, 5.41) is 0. The van der Waals surface area contributed by atoms with Gasteiger partial charge in [0.2, 0.25) is 0 Å². The monoisotopic (exact) mass is 234 g/mol. The highest BCUT2D eigenvalue weighted by molar-refractivity contribution is 5.13. The summed E-state index contributed by atoms with van der Waals surface area (Å²) in [6.07, 6.45) is 2.61. The van der Waals surface area contributed by atoms with E-state index >= 15 is 0 Å². The van der Waals surface area contributed by atoms with E-state index in [2.05, 4.69) is 37.3 Å². The van der Waals surface area contributed by atoms with Crippen molar-refractivity contribution in [1.29, 1.82) is 0 Å².